The van der Waals surface area contributed by atoms with Gasteiger partial charge in [0.05, 0.1) is 0 Å². The molecule has 0 aliphatic rings. The Bertz CT molecular complexity index is 1090. The molecule has 0 saturated carbocycles. The van der Waals surface area contributed by atoms with Crippen molar-refractivity contribution in [1.82, 2.24) is 15.3 Å². The number of aromatic nitrogens is 2. The van der Waals surface area contributed by atoms with Crippen LogP contribution in [0.2, 0.25) is 0 Å². The lowest BCUT2D eigenvalue weighted by Gasteiger charge is -2.17. The second kappa shape index (κ2) is 8.69. The molecule has 2 aromatic carbocycles. The summed E-state index contributed by atoms with van der Waals surface area (Å²) in [6.07, 6.45) is 4.66. The van der Waals surface area contributed by atoms with E-state index in [9.17, 15) is 9.18 Å². The van der Waals surface area contributed by atoms with Crippen LogP contribution in [-0.2, 0) is 11.2 Å². The maximum Gasteiger partial charge on any atom is 0.220 e. The number of rotatable bonds is 7. The summed E-state index contributed by atoms with van der Waals surface area (Å²) in [7, 11) is 0. The summed E-state index contributed by atoms with van der Waals surface area (Å²) < 4.78 is 13.4. The molecule has 1 amide bonds. The van der Waals surface area contributed by atoms with E-state index in [1.807, 2.05) is 48.7 Å². The van der Waals surface area contributed by atoms with Crippen LogP contribution >= 0.6 is 0 Å². The summed E-state index contributed by atoms with van der Waals surface area (Å²) in [6.45, 7) is 0.528. The van der Waals surface area contributed by atoms with E-state index in [1.54, 1.807) is 18.3 Å². The number of carbonyl (C=O) groups is 1. The van der Waals surface area contributed by atoms with Crippen molar-refractivity contribution in [2.24, 2.45) is 0 Å². The molecule has 2 N–H and O–H groups in total. The third kappa shape index (κ3) is 4.51. The smallest absolute Gasteiger partial charge is 0.220 e. The summed E-state index contributed by atoms with van der Waals surface area (Å²) in [5.74, 6) is -0.492. The second-order valence-electron chi connectivity index (χ2n) is 7.02. The van der Waals surface area contributed by atoms with Crippen LogP contribution in [0.3, 0.4) is 0 Å². The number of halogens is 1. The monoisotopic (exact) mass is 387 g/mol. The molecule has 146 valence electrons. The first-order valence-corrected chi connectivity index (χ1v) is 9.69. The van der Waals surface area contributed by atoms with Crippen molar-refractivity contribution >= 4 is 16.8 Å². The van der Waals surface area contributed by atoms with Gasteiger partial charge in [0.15, 0.2) is 0 Å². The number of hydrogen-bond acceptors (Lipinski definition) is 2. The minimum Gasteiger partial charge on any atom is -0.361 e. The maximum absolute atomic E-state index is 13.4. The van der Waals surface area contributed by atoms with E-state index in [1.165, 1.54) is 12.1 Å². The Morgan fingerprint density at radius 3 is 2.62 bits per heavy atom. The van der Waals surface area contributed by atoms with Crippen LogP contribution in [0.5, 0.6) is 0 Å². The van der Waals surface area contributed by atoms with Gasteiger partial charge >= 0.3 is 0 Å². The highest BCUT2D eigenvalue weighted by Crippen LogP contribution is 2.33. The van der Waals surface area contributed by atoms with Gasteiger partial charge in [0.25, 0.3) is 0 Å². The van der Waals surface area contributed by atoms with Crippen molar-refractivity contribution < 1.29 is 9.18 Å². The fourth-order valence-electron chi connectivity index (χ4n) is 3.62. The molecule has 5 heteroatoms. The maximum atomic E-state index is 13.4. The first kappa shape index (κ1) is 18.9. The van der Waals surface area contributed by atoms with Gasteiger partial charge in [0.1, 0.15) is 5.82 Å². The number of H-pyrrole nitrogens is 1. The molecular formula is C24H22FN3O. The number of pyridine rings is 1. The minimum absolute atomic E-state index is 0.0412. The largest absolute Gasteiger partial charge is 0.361 e. The van der Waals surface area contributed by atoms with Gasteiger partial charge < -0.3 is 10.3 Å². The Morgan fingerprint density at radius 1 is 1.03 bits per heavy atom. The van der Waals surface area contributed by atoms with Crippen molar-refractivity contribution in [2.45, 2.75) is 18.8 Å². The Balaban J connectivity index is 1.52. The third-order valence-electron chi connectivity index (χ3n) is 5.09. The molecule has 2 heterocycles. The average Bonchev–Trinajstić information content (AvgIpc) is 3.17. The standard InChI is InChI=1S/C24H22FN3O/c25-18-10-8-17(9-11-18)21(22-16-28-23-7-2-1-6-20(22)23)15-24(29)27-14-12-19-5-3-4-13-26-19/h1-11,13,16,21,28H,12,14-15H2,(H,27,29)/t21-/m1/s1. The molecular weight excluding hydrogens is 365 g/mol. The van der Waals surface area contributed by atoms with E-state index in [0.29, 0.717) is 13.0 Å². The fraction of sp³-hybridized carbons (Fsp3) is 0.167. The number of fused-ring (bicyclic) bond motifs is 1. The van der Waals surface area contributed by atoms with Crippen molar-refractivity contribution in [3.63, 3.8) is 0 Å². The van der Waals surface area contributed by atoms with Crippen molar-refractivity contribution in [3.05, 3.63) is 102 Å². The SMILES string of the molecule is O=C(C[C@H](c1ccc(F)cc1)c1c[nH]c2ccccc12)NCCc1ccccn1. The summed E-state index contributed by atoms with van der Waals surface area (Å²) in [5.41, 5.74) is 3.91. The number of aromatic amines is 1. The number of benzene rings is 2. The van der Waals surface area contributed by atoms with E-state index >= 15 is 0 Å². The summed E-state index contributed by atoms with van der Waals surface area (Å²) in [5, 5.41) is 4.06. The van der Waals surface area contributed by atoms with Gasteiger partial charge in [0, 0.05) is 54.3 Å². The molecule has 0 saturated heterocycles. The van der Waals surface area contributed by atoms with Crippen LogP contribution < -0.4 is 5.32 Å². The Morgan fingerprint density at radius 2 is 1.83 bits per heavy atom. The molecule has 0 aliphatic carbocycles. The lowest BCUT2D eigenvalue weighted by Crippen LogP contribution is -2.27. The van der Waals surface area contributed by atoms with E-state index in [-0.39, 0.29) is 24.1 Å². The lowest BCUT2D eigenvalue weighted by molar-refractivity contribution is -0.121. The summed E-state index contributed by atoms with van der Waals surface area (Å²) >= 11 is 0. The van der Waals surface area contributed by atoms with Gasteiger partial charge in [0.2, 0.25) is 5.91 Å². The summed E-state index contributed by atoms with van der Waals surface area (Å²) in [6, 6.07) is 20.1. The third-order valence-corrected chi connectivity index (χ3v) is 5.09. The molecule has 1 atom stereocenters. The highest BCUT2D eigenvalue weighted by Gasteiger charge is 2.21. The zero-order chi connectivity index (χ0) is 20.1. The molecule has 0 bridgehead atoms. The zero-order valence-electron chi connectivity index (χ0n) is 15.9. The van der Waals surface area contributed by atoms with Gasteiger partial charge in [-0.3, -0.25) is 9.78 Å². The van der Waals surface area contributed by atoms with E-state index < -0.39 is 0 Å². The zero-order valence-corrected chi connectivity index (χ0v) is 15.9. The topological polar surface area (TPSA) is 57.8 Å². The number of amides is 1. The molecule has 0 aliphatic heterocycles. The predicted molar refractivity (Wildman–Crippen MR) is 112 cm³/mol. The molecule has 2 aromatic heterocycles. The number of nitrogens with one attached hydrogen (secondary N) is 2. The molecule has 4 nitrogen and oxygen atoms in total. The number of nitrogens with zero attached hydrogens (tertiary/aromatic N) is 1. The highest BCUT2D eigenvalue weighted by molar-refractivity contribution is 5.86. The van der Waals surface area contributed by atoms with Gasteiger partial charge in [-0.15, -0.1) is 0 Å². The molecule has 29 heavy (non-hydrogen) atoms. The summed E-state index contributed by atoms with van der Waals surface area (Å²) in [4.78, 5) is 20.2. The fourth-order valence-corrected chi connectivity index (χ4v) is 3.62. The Hall–Kier alpha value is -3.47. The van der Waals surface area contributed by atoms with E-state index in [0.717, 1.165) is 27.7 Å². The van der Waals surface area contributed by atoms with E-state index in [4.69, 9.17) is 0 Å². The predicted octanol–water partition coefficient (Wildman–Crippen LogP) is 4.58. The lowest BCUT2D eigenvalue weighted by atomic mass is 9.88. The first-order valence-electron chi connectivity index (χ1n) is 9.69. The Labute approximate surface area is 168 Å². The Kier molecular flexibility index (Phi) is 5.66. The molecule has 0 spiro atoms. The molecule has 0 radical (unpaired) electrons. The molecule has 4 rings (SSSR count). The van der Waals surface area contributed by atoms with Gasteiger partial charge in [-0.2, -0.15) is 0 Å². The van der Waals surface area contributed by atoms with Gasteiger partial charge in [-0.05, 0) is 41.5 Å². The number of para-hydroxylation sites is 1. The quantitative estimate of drug-likeness (QED) is 0.488. The van der Waals surface area contributed by atoms with Crippen molar-refractivity contribution in [1.29, 1.82) is 0 Å². The van der Waals surface area contributed by atoms with E-state index in [2.05, 4.69) is 15.3 Å². The highest BCUT2D eigenvalue weighted by atomic mass is 19.1. The van der Waals surface area contributed by atoms with Crippen LogP contribution in [-0.4, -0.2) is 22.4 Å². The molecule has 0 unspecified atom stereocenters. The van der Waals surface area contributed by atoms with Crippen molar-refractivity contribution in [2.75, 3.05) is 6.54 Å². The van der Waals surface area contributed by atoms with Crippen LogP contribution in [0.1, 0.15) is 29.2 Å². The van der Waals surface area contributed by atoms with Crippen molar-refractivity contribution in [3.8, 4) is 0 Å². The van der Waals surface area contributed by atoms with Crippen LogP contribution in [0.15, 0.2) is 79.1 Å². The minimum atomic E-state index is -0.286. The molecule has 4 aromatic rings. The van der Waals surface area contributed by atoms with Gasteiger partial charge in [-0.25, -0.2) is 4.39 Å². The first-order chi connectivity index (χ1) is 14.2. The number of carbonyl (C=O) groups excluding carboxylic acids is 1. The average molecular weight is 387 g/mol. The normalized spacial score (nSPS) is 12.0. The van der Waals surface area contributed by atoms with Crippen LogP contribution in [0.4, 0.5) is 4.39 Å². The second-order valence-corrected chi connectivity index (χ2v) is 7.02. The van der Waals surface area contributed by atoms with Crippen LogP contribution in [0.25, 0.3) is 10.9 Å². The number of hydrogen-bond donors (Lipinski definition) is 2. The van der Waals surface area contributed by atoms with Gasteiger partial charge in [-0.1, -0.05) is 36.4 Å². The van der Waals surface area contributed by atoms with Crippen LogP contribution in [0, 0.1) is 5.82 Å². The molecule has 0 fully saturated rings.